The first-order chi connectivity index (χ1) is 9.40. The number of phenols is 1. The Bertz CT molecular complexity index is 661. The molecule has 1 atom stereocenters. The summed E-state index contributed by atoms with van der Waals surface area (Å²) in [6.45, 7) is 1.90. The molecule has 4 nitrogen and oxygen atoms in total. The van der Waals surface area contributed by atoms with E-state index in [0.717, 1.165) is 9.87 Å². The van der Waals surface area contributed by atoms with Crippen LogP contribution in [-0.2, 0) is 11.3 Å². The fraction of sp³-hybridized carbons (Fsp3) is 0.0769. The van der Waals surface area contributed by atoms with Gasteiger partial charge in [-0.1, -0.05) is 40.9 Å². The van der Waals surface area contributed by atoms with E-state index in [2.05, 4.69) is 0 Å². The summed E-state index contributed by atoms with van der Waals surface area (Å²) in [6.07, 6.45) is 0. The van der Waals surface area contributed by atoms with Gasteiger partial charge in [0.25, 0.3) is 11.3 Å². The summed E-state index contributed by atoms with van der Waals surface area (Å²) in [5.74, 6) is -0.306. The number of phenolic OH excluding ortho intramolecular Hbond substituents is 1. The highest BCUT2D eigenvalue weighted by Gasteiger charge is 2.21. The van der Waals surface area contributed by atoms with Crippen LogP contribution in [-0.4, -0.2) is 13.9 Å². The molecule has 2 aromatic carbocycles. The predicted molar refractivity (Wildman–Crippen MR) is 82.2 cm³/mol. The fourth-order valence-electron chi connectivity index (χ4n) is 1.70. The Morgan fingerprint density at radius 1 is 1.15 bits per heavy atom. The van der Waals surface area contributed by atoms with Crippen LogP contribution in [0.4, 0.5) is 11.4 Å². The predicted octanol–water partition coefficient (Wildman–Crippen LogP) is 4.28. The molecule has 7 heteroatoms. The van der Waals surface area contributed by atoms with Crippen LogP contribution in [0.15, 0.2) is 36.4 Å². The molecule has 2 N–H and O–H groups in total. The van der Waals surface area contributed by atoms with Crippen molar-refractivity contribution in [3.63, 3.8) is 0 Å². The fourth-order valence-corrected chi connectivity index (χ4v) is 2.79. The van der Waals surface area contributed by atoms with Crippen LogP contribution in [0.5, 0.6) is 5.75 Å². The second-order valence-corrected chi connectivity index (χ2v) is 5.79. The Balaban J connectivity index is 2.60. The maximum atomic E-state index is 11.6. The molecule has 0 aliphatic carbocycles. The van der Waals surface area contributed by atoms with E-state index in [-0.39, 0.29) is 21.5 Å². The lowest BCUT2D eigenvalue weighted by Crippen LogP contribution is -2.19. The van der Waals surface area contributed by atoms with Crippen molar-refractivity contribution in [2.24, 2.45) is 0 Å². The minimum absolute atomic E-state index is 0.00932. The van der Waals surface area contributed by atoms with Gasteiger partial charge in [-0.2, -0.15) is 0 Å². The molecule has 0 saturated carbocycles. The normalized spacial score (nSPS) is 12.2. The Labute approximate surface area is 129 Å². The van der Waals surface area contributed by atoms with Crippen molar-refractivity contribution in [2.75, 3.05) is 4.31 Å². The average molecular weight is 332 g/mol. The van der Waals surface area contributed by atoms with Gasteiger partial charge in [-0.25, -0.2) is 8.51 Å². The highest BCUT2D eigenvalue weighted by molar-refractivity contribution is 7.81. The van der Waals surface area contributed by atoms with Gasteiger partial charge >= 0.3 is 0 Å². The second kappa shape index (κ2) is 6.01. The zero-order chi connectivity index (χ0) is 14.9. The van der Waals surface area contributed by atoms with Gasteiger partial charge in [-0.15, -0.1) is 0 Å². The lowest BCUT2D eigenvalue weighted by molar-refractivity contribution is 0.476. The van der Waals surface area contributed by atoms with E-state index in [9.17, 15) is 13.9 Å². The molecule has 2 aromatic rings. The number of rotatable bonds is 3. The molecule has 0 saturated heterocycles. The molecular formula is C13H11Cl2NO3S. The summed E-state index contributed by atoms with van der Waals surface area (Å²) >= 11 is 9.34. The molecule has 1 unspecified atom stereocenters. The van der Waals surface area contributed by atoms with Crippen LogP contribution in [0.1, 0.15) is 5.56 Å². The second-order valence-electron chi connectivity index (χ2n) is 4.12. The number of anilines is 2. The summed E-state index contributed by atoms with van der Waals surface area (Å²) in [6, 6.07) is 9.64. The Kier molecular flexibility index (Phi) is 4.55. The van der Waals surface area contributed by atoms with Crippen LogP contribution in [0, 0.1) is 6.92 Å². The maximum Gasteiger partial charge on any atom is 0.266 e. The largest absolute Gasteiger partial charge is 0.504 e. The van der Waals surface area contributed by atoms with E-state index in [1.165, 1.54) is 12.1 Å². The quantitative estimate of drug-likeness (QED) is 0.825. The first-order valence-electron chi connectivity index (χ1n) is 5.56. The van der Waals surface area contributed by atoms with Gasteiger partial charge in [-0.3, -0.25) is 4.55 Å². The highest BCUT2D eigenvalue weighted by atomic mass is 35.5. The average Bonchev–Trinajstić information content (AvgIpc) is 2.37. The first kappa shape index (κ1) is 15.1. The molecule has 106 valence electrons. The molecule has 2 rings (SSSR count). The topological polar surface area (TPSA) is 60.8 Å². The number of nitrogens with zero attached hydrogens (tertiary/aromatic N) is 1. The lowest BCUT2D eigenvalue weighted by atomic mass is 10.2. The molecule has 0 aliphatic rings. The molecule has 0 bridgehead atoms. The van der Waals surface area contributed by atoms with Crippen molar-refractivity contribution >= 4 is 45.8 Å². The third-order valence-corrected chi connectivity index (χ3v) is 3.88. The van der Waals surface area contributed by atoms with Crippen LogP contribution in [0.25, 0.3) is 0 Å². The molecule has 0 aromatic heterocycles. The molecular weight excluding hydrogens is 321 g/mol. The van der Waals surface area contributed by atoms with Crippen molar-refractivity contribution in [3.8, 4) is 5.75 Å². The molecule has 0 heterocycles. The van der Waals surface area contributed by atoms with Crippen LogP contribution >= 0.6 is 23.2 Å². The number of halogens is 2. The Morgan fingerprint density at radius 3 is 2.30 bits per heavy atom. The van der Waals surface area contributed by atoms with E-state index in [1.54, 1.807) is 24.3 Å². The van der Waals surface area contributed by atoms with E-state index in [4.69, 9.17) is 23.2 Å². The monoisotopic (exact) mass is 331 g/mol. The summed E-state index contributed by atoms with van der Waals surface area (Å²) in [4.78, 5) is 0. The number of hydrogen-bond donors (Lipinski definition) is 2. The Hall–Kier alpha value is -1.27. The molecule has 0 amide bonds. The standard InChI is InChI=1S/C13H11Cl2NO3S/c1-8-2-4-10(5-3-8)16(20(18)19)12-7-9(14)6-11(15)13(12)17/h2-7,17H,1H3,(H,18,19). The molecule has 0 radical (unpaired) electrons. The minimum Gasteiger partial charge on any atom is -0.504 e. The number of aryl methyl sites for hydroxylation is 1. The van der Waals surface area contributed by atoms with Gasteiger partial charge in [0, 0.05) is 5.02 Å². The van der Waals surface area contributed by atoms with Crippen molar-refractivity contribution in [3.05, 3.63) is 52.0 Å². The smallest absolute Gasteiger partial charge is 0.266 e. The molecule has 0 spiro atoms. The summed E-state index contributed by atoms with van der Waals surface area (Å²) < 4.78 is 22.1. The summed E-state index contributed by atoms with van der Waals surface area (Å²) in [5, 5.41) is 10.2. The SMILES string of the molecule is Cc1ccc(N(c2cc(Cl)cc(Cl)c2O)S(=O)O)cc1. The van der Waals surface area contributed by atoms with Crippen LogP contribution < -0.4 is 4.31 Å². The maximum absolute atomic E-state index is 11.6. The highest BCUT2D eigenvalue weighted by Crippen LogP contribution is 2.41. The van der Waals surface area contributed by atoms with Gasteiger partial charge in [0.2, 0.25) is 0 Å². The zero-order valence-electron chi connectivity index (χ0n) is 10.4. The van der Waals surface area contributed by atoms with E-state index in [0.29, 0.717) is 5.69 Å². The van der Waals surface area contributed by atoms with Crippen molar-refractivity contribution < 1.29 is 13.9 Å². The van der Waals surface area contributed by atoms with E-state index in [1.807, 2.05) is 6.92 Å². The molecule has 20 heavy (non-hydrogen) atoms. The third kappa shape index (κ3) is 3.07. The van der Waals surface area contributed by atoms with Gasteiger partial charge in [0.1, 0.15) is 5.69 Å². The number of benzene rings is 2. The van der Waals surface area contributed by atoms with Crippen LogP contribution in [0.3, 0.4) is 0 Å². The third-order valence-electron chi connectivity index (χ3n) is 2.65. The Morgan fingerprint density at radius 2 is 1.75 bits per heavy atom. The van der Waals surface area contributed by atoms with E-state index < -0.39 is 11.3 Å². The van der Waals surface area contributed by atoms with Crippen molar-refractivity contribution in [2.45, 2.75) is 6.92 Å². The van der Waals surface area contributed by atoms with Crippen molar-refractivity contribution in [1.82, 2.24) is 0 Å². The lowest BCUT2D eigenvalue weighted by Gasteiger charge is -2.21. The molecule has 0 aliphatic heterocycles. The van der Waals surface area contributed by atoms with Crippen molar-refractivity contribution in [1.29, 1.82) is 0 Å². The summed E-state index contributed by atoms with van der Waals surface area (Å²) in [5.41, 5.74) is 1.50. The zero-order valence-corrected chi connectivity index (χ0v) is 12.7. The molecule has 0 fully saturated rings. The summed E-state index contributed by atoms with van der Waals surface area (Å²) in [7, 11) is 0. The minimum atomic E-state index is -2.38. The van der Waals surface area contributed by atoms with Gasteiger partial charge in [0.05, 0.1) is 10.7 Å². The van der Waals surface area contributed by atoms with Gasteiger partial charge in [0.15, 0.2) is 5.75 Å². The van der Waals surface area contributed by atoms with Crippen LogP contribution in [0.2, 0.25) is 10.0 Å². The first-order valence-corrected chi connectivity index (χ1v) is 7.38. The van der Waals surface area contributed by atoms with Gasteiger partial charge < -0.3 is 5.11 Å². The number of aromatic hydroxyl groups is 1. The van der Waals surface area contributed by atoms with E-state index >= 15 is 0 Å². The van der Waals surface area contributed by atoms with Gasteiger partial charge in [-0.05, 0) is 31.2 Å². The number of hydrogen-bond acceptors (Lipinski definition) is 2.